The normalized spacial score (nSPS) is 17.2. The highest BCUT2D eigenvalue weighted by atomic mass is 32.2. The van der Waals surface area contributed by atoms with Gasteiger partial charge >= 0.3 is 6.18 Å². The van der Waals surface area contributed by atoms with E-state index < -0.39 is 21.8 Å². The Bertz CT molecular complexity index is 1100. The molecule has 0 radical (unpaired) electrons. The highest BCUT2D eigenvalue weighted by Gasteiger charge is 2.34. The van der Waals surface area contributed by atoms with Gasteiger partial charge in [0, 0.05) is 19.3 Å². The predicted octanol–water partition coefficient (Wildman–Crippen LogP) is 3.55. The van der Waals surface area contributed by atoms with Crippen LogP contribution in [0.5, 0.6) is 0 Å². The molecular formula is C18H17F3N4O2S. The second-order valence-electron chi connectivity index (χ2n) is 6.71. The summed E-state index contributed by atoms with van der Waals surface area (Å²) in [6.45, 7) is 0.475. The highest BCUT2D eigenvalue weighted by molar-refractivity contribution is 7.89. The van der Waals surface area contributed by atoms with Crippen molar-refractivity contribution in [1.82, 2.24) is 19.3 Å². The second-order valence-corrected chi connectivity index (χ2v) is 8.64. The van der Waals surface area contributed by atoms with Crippen LogP contribution < -0.4 is 0 Å². The maximum atomic E-state index is 12.9. The fraction of sp³-hybridized carbons (Fsp3) is 0.333. The molecule has 10 heteroatoms. The molecule has 1 saturated heterocycles. The SMILES string of the molecule is O=S(=O)(c1cccc(C(F)(F)F)c1)N1CCC(c2ccnc3nc[nH]c23)CC1. The predicted molar refractivity (Wildman–Crippen MR) is 96.1 cm³/mol. The summed E-state index contributed by atoms with van der Waals surface area (Å²) in [6.07, 6.45) is -0.222. The van der Waals surface area contributed by atoms with Crippen molar-refractivity contribution >= 4 is 21.2 Å². The molecule has 4 rings (SSSR count). The molecule has 1 fully saturated rings. The van der Waals surface area contributed by atoms with Crippen LogP contribution in [-0.4, -0.2) is 40.8 Å². The van der Waals surface area contributed by atoms with Crippen molar-refractivity contribution in [3.8, 4) is 0 Å². The van der Waals surface area contributed by atoms with E-state index in [4.69, 9.17) is 0 Å². The van der Waals surface area contributed by atoms with Crippen LogP contribution in [0.25, 0.3) is 11.2 Å². The first kappa shape index (κ1) is 18.9. The first-order valence-electron chi connectivity index (χ1n) is 8.72. The Hall–Kier alpha value is -2.46. The number of H-pyrrole nitrogens is 1. The van der Waals surface area contributed by atoms with E-state index in [1.165, 1.54) is 10.4 Å². The third kappa shape index (κ3) is 3.37. The van der Waals surface area contributed by atoms with Crippen molar-refractivity contribution in [3.63, 3.8) is 0 Å². The van der Waals surface area contributed by atoms with Crippen molar-refractivity contribution < 1.29 is 21.6 Å². The Balaban J connectivity index is 1.54. The van der Waals surface area contributed by atoms with Gasteiger partial charge < -0.3 is 4.98 Å². The summed E-state index contributed by atoms with van der Waals surface area (Å²) in [5.74, 6) is 0.124. The summed E-state index contributed by atoms with van der Waals surface area (Å²) in [4.78, 5) is 11.0. The number of piperidine rings is 1. The molecule has 1 aliphatic heterocycles. The summed E-state index contributed by atoms with van der Waals surface area (Å²) in [6, 6.07) is 5.77. The van der Waals surface area contributed by atoms with Crippen LogP contribution in [0.15, 0.2) is 47.8 Å². The van der Waals surface area contributed by atoms with Gasteiger partial charge in [-0.15, -0.1) is 0 Å². The summed E-state index contributed by atoms with van der Waals surface area (Å²) in [7, 11) is -3.98. The lowest BCUT2D eigenvalue weighted by atomic mass is 9.90. The van der Waals surface area contributed by atoms with Gasteiger partial charge in [0.05, 0.1) is 22.3 Å². The minimum absolute atomic E-state index is 0.124. The first-order chi connectivity index (χ1) is 13.3. The lowest BCUT2D eigenvalue weighted by Gasteiger charge is -2.31. The molecule has 0 saturated carbocycles. The Kier molecular flexibility index (Phi) is 4.62. The standard InChI is InChI=1S/C18H17F3N4O2S/c19-18(20,21)13-2-1-3-14(10-13)28(26,27)25-8-5-12(6-9-25)15-4-7-22-17-16(15)23-11-24-17/h1-4,7,10-12H,5-6,8-9H2,(H,22,23,24). The second kappa shape index (κ2) is 6.85. The smallest absolute Gasteiger partial charge is 0.343 e. The molecule has 0 aliphatic carbocycles. The summed E-state index contributed by atoms with van der Waals surface area (Å²) in [5, 5.41) is 0. The van der Waals surface area contributed by atoms with Crippen LogP contribution in [0.3, 0.4) is 0 Å². The average molecular weight is 410 g/mol. The Morgan fingerprint density at radius 2 is 1.86 bits per heavy atom. The molecule has 0 atom stereocenters. The molecule has 28 heavy (non-hydrogen) atoms. The summed E-state index contributed by atoms with van der Waals surface area (Å²) < 4.78 is 65.6. The molecule has 6 nitrogen and oxygen atoms in total. The van der Waals surface area contributed by atoms with Crippen LogP contribution >= 0.6 is 0 Å². The van der Waals surface area contributed by atoms with E-state index in [9.17, 15) is 21.6 Å². The number of sulfonamides is 1. The Labute approximate surface area is 159 Å². The van der Waals surface area contributed by atoms with Gasteiger partial charge in [-0.3, -0.25) is 0 Å². The van der Waals surface area contributed by atoms with Crippen LogP contribution in [-0.2, 0) is 16.2 Å². The fourth-order valence-corrected chi connectivity index (χ4v) is 5.11. The van der Waals surface area contributed by atoms with Crippen molar-refractivity contribution in [1.29, 1.82) is 0 Å². The van der Waals surface area contributed by atoms with Crippen LogP contribution in [0.2, 0.25) is 0 Å². The van der Waals surface area contributed by atoms with E-state index in [-0.39, 0.29) is 23.9 Å². The molecule has 3 aromatic rings. The fourth-order valence-electron chi connectivity index (χ4n) is 3.60. The molecule has 0 spiro atoms. The van der Waals surface area contributed by atoms with Gasteiger partial charge in [-0.2, -0.15) is 17.5 Å². The number of hydrogen-bond donors (Lipinski definition) is 1. The number of nitrogens with one attached hydrogen (secondary N) is 1. The van der Waals surface area contributed by atoms with Gasteiger partial charge in [-0.25, -0.2) is 18.4 Å². The molecule has 148 valence electrons. The number of hydrogen-bond acceptors (Lipinski definition) is 4. The number of pyridine rings is 1. The molecule has 1 N–H and O–H groups in total. The summed E-state index contributed by atoms with van der Waals surface area (Å²) >= 11 is 0. The van der Waals surface area contributed by atoms with Crippen molar-refractivity contribution in [2.45, 2.75) is 29.8 Å². The number of fused-ring (bicyclic) bond motifs is 1. The zero-order chi connectivity index (χ0) is 19.9. The quantitative estimate of drug-likeness (QED) is 0.716. The summed E-state index contributed by atoms with van der Waals surface area (Å²) in [5.41, 5.74) is 1.50. The average Bonchev–Trinajstić information content (AvgIpc) is 3.16. The topological polar surface area (TPSA) is 79.0 Å². The number of aromatic nitrogens is 3. The van der Waals surface area contributed by atoms with Crippen molar-refractivity contribution in [2.24, 2.45) is 0 Å². The van der Waals surface area contributed by atoms with E-state index in [0.717, 1.165) is 23.2 Å². The van der Waals surface area contributed by atoms with Gasteiger partial charge in [0.2, 0.25) is 10.0 Å². The van der Waals surface area contributed by atoms with E-state index in [0.29, 0.717) is 24.6 Å². The van der Waals surface area contributed by atoms with Crippen molar-refractivity contribution in [2.75, 3.05) is 13.1 Å². The number of halogens is 3. The maximum absolute atomic E-state index is 12.9. The third-order valence-corrected chi connectivity index (χ3v) is 6.95. The lowest BCUT2D eigenvalue weighted by Crippen LogP contribution is -2.38. The van der Waals surface area contributed by atoms with Gasteiger partial charge in [0.25, 0.3) is 0 Å². The molecule has 0 unspecified atom stereocenters. The highest BCUT2D eigenvalue weighted by Crippen LogP contribution is 2.35. The number of alkyl halides is 3. The van der Waals surface area contributed by atoms with Crippen LogP contribution in [0, 0.1) is 0 Å². The van der Waals surface area contributed by atoms with Gasteiger partial charge in [0.1, 0.15) is 0 Å². The molecule has 1 aliphatic rings. The minimum Gasteiger partial charge on any atom is -0.343 e. The van der Waals surface area contributed by atoms with E-state index in [1.807, 2.05) is 6.07 Å². The first-order valence-corrected chi connectivity index (χ1v) is 10.2. The molecule has 3 heterocycles. The molecule has 0 bridgehead atoms. The van der Waals surface area contributed by atoms with E-state index in [1.54, 1.807) is 12.5 Å². The number of nitrogens with zero attached hydrogens (tertiary/aromatic N) is 3. The third-order valence-electron chi connectivity index (χ3n) is 5.05. The largest absolute Gasteiger partial charge is 0.416 e. The molecular weight excluding hydrogens is 393 g/mol. The number of benzene rings is 1. The van der Waals surface area contributed by atoms with Crippen LogP contribution in [0.1, 0.15) is 29.9 Å². The Morgan fingerprint density at radius 1 is 1.11 bits per heavy atom. The monoisotopic (exact) mass is 410 g/mol. The molecule has 0 amide bonds. The Morgan fingerprint density at radius 3 is 2.57 bits per heavy atom. The number of imidazole rings is 1. The zero-order valence-electron chi connectivity index (χ0n) is 14.6. The zero-order valence-corrected chi connectivity index (χ0v) is 15.5. The van der Waals surface area contributed by atoms with Gasteiger partial charge in [-0.1, -0.05) is 6.07 Å². The minimum atomic E-state index is -4.59. The molecule has 2 aromatic heterocycles. The van der Waals surface area contributed by atoms with Crippen LogP contribution in [0.4, 0.5) is 13.2 Å². The van der Waals surface area contributed by atoms with E-state index >= 15 is 0 Å². The number of rotatable bonds is 3. The van der Waals surface area contributed by atoms with Gasteiger partial charge in [0.15, 0.2) is 5.65 Å². The van der Waals surface area contributed by atoms with Crippen molar-refractivity contribution in [3.05, 3.63) is 54.0 Å². The molecule has 1 aromatic carbocycles. The van der Waals surface area contributed by atoms with Gasteiger partial charge in [-0.05, 0) is 48.6 Å². The maximum Gasteiger partial charge on any atom is 0.416 e. The number of aromatic amines is 1. The lowest BCUT2D eigenvalue weighted by molar-refractivity contribution is -0.137. The van der Waals surface area contributed by atoms with E-state index in [2.05, 4.69) is 15.0 Å².